The summed E-state index contributed by atoms with van der Waals surface area (Å²) in [6, 6.07) is 17.1. The molecule has 0 unspecified atom stereocenters. The molecule has 12 heteroatoms. The van der Waals surface area contributed by atoms with E-state index in [0.717, 1.165) is 0 Å². The smallest absolute Gasteiger partial charge is 0.238 e. The number of aromatic nitrogens is 5. The molecule has 5 aromatic rings. The predicted molar refractivity (Wildman–Crippen MR) is 141 cm³/mol. The van der Waals surface area contributed by atoms with Gasteiger partial charge in [-0.05, 0) is 31.2 Å². The van der Waals surface area contributed by atoms with Gasteiger partial charge in [-0.2, -0.15) is 0 Å². The van der Waals surface area contributed by atoms with Gasteiger partial charge in [0.25, 0.3) is 0 Å². The number of primary sulfonamides is 1. The Labute approximate surface area is 218 Å². The Morgan fingerprint density at radius 2 is 1.58 bits per heavy atom. The Balaban J connectivity index is 1.86. The number of pyridine rings is 1. The summed E-state index contributed by atoms with van der Waals surface area (Å²) in [6.07, 6.45) is 1.46. The lowest BCUT2D eigenvalue weighted by Crippen LogP contribution is -2.13. The molecule has 0 saturated heterocycles. The van der Waals surface area contributed by atoms with Crippen LogP contribution in [0.3, 0.4) is 0 Å². The summed E-state index contributed by atoms with van der Waals surface area (Å²) in [6.45, 7) is 2.32. The molecule has 0 aliphatic carbocycles. The highest BCUT2D eigenvalue weighted by Gasteiger charge is 2.25. The first-order valence-corrected chi connectivity index (χ1v) is 13.1. The lowest BCUT2D eigenvalue weighted by atomic mass is 10.1. The fraction of sp³-hybridized carbons (Fsp3) is 0.154. The number of hydrogen-bond donors (Lipinski definition) is 1. The van der Waals surface area contributed by atoms with Gasteiger partial charge in [0.2, 0.25) is 15.9 Å². The Bertz CT molecular complexity index is 1730. The van der Waals surface area contributed by atoms with Gasteiger partial charge < -0.3 is 14.2 Å². The van der Waals surface area contributed by atoms with E-state index in [1.54, 1.807) is 67.3 Å². The molecule has 0 bridgehead atoms. The van der Waals surface area contributed by atoms with Crippen molar-refractivity contribution < 1.29 is 22.6 Å². The Morgan fingerprint density at radius 1 is 0.868 bits per heavy atom. The van der Waals surface area contributed by atoms with Crippen LogP contribution in [0.1, 0.15) is 6.92 Å². The van der Waals surface area contributed by atoms with Crippen LogP contribution in [-0.2, 0) is 10.0 Å². The maximum absolute atomic E-state index is 12.3. The highest BCUT2D eigenvalue weighted by Crippen LogP contribution is 2.38. The van der Waals surface area contributed by atoms with Crippen LogP contribution in [0, 0.1) is 0 Å². The molecule has 0 amide bonds. The minimum absolute atomic E-state index is 0.0686. The molecule has 0 saturated carbocycles. The third-order valence-corrected chi connectivity index (χ3v) is 6.68. The SMILES string of the molecule is CCOc1cccc(-c2nc3ncc(-c4ccccc4S(N)(=O)=O)nc3n2-c2c(OC)cccc2OC)n1. The zero-order valence-corrected chi connectivity index (χ0v) is 21.6. The average molecular weight is 533 g/mol. The number of sulfonamides is 1. The zero-order valence-electron chi connectivity index (χ0n) is 20.8. The number of imidazole rings is 1. The van der Waals surface area contributed by atoms with Gasteiger partial charge in [0.15, 0.2) is 17.1 Å². The second-order valence-corrected chi connectivity index (χ2v) is 9.55. The van der Waals surface area contributed by atoms with Crippen molar-refractivity contribution in [3.05, 3.63) is 66.9 Å². The third-order valence-electron chi connectivity index (χ3n) is 5.71. The minimum atomic E-state index is -4.02. The van der Waals surface area contributed by atoms with E-state index in [0.29, 0.717) is 63.7 Å². The van der Waals surface area contributed by atoms with Crippen molar-refractivity contribution in [3.8, 4) is 45.8 Å². The maximum Gasteiger partial charge on any atom is 0.238 e. The summed E-state index contributed by atoms with van der Waals surface area (Å²) in [4.78, 5) is 18.6. The first-order chi connectivity index (χ1) is 18.4. The zero-order chi connectivity index (χ0) is 26.9. The molecule has 5 rings (SSSR count). The Morgan fingerprint density at radius 3 is 2.26 bits per heavy atom. The summed E-state index contributed by atoms with van der Waals surface area (Å²) in [5.41, 5.74) is 2.24. The lowest BCUT2D eigenvalue weighted by molar-refractivity contribution is 0.327. The molecule has 0 radical (unpaired) electrons. The lowest BCUT2D eigenvalue weighted by Gasteiger charge is -2.16. The van der Waals surface area contributed by atoms with Crippen LogP contribution in [0.5, 0.6) is 17.4 Å². The first kappa shape index (κ1) is 25.1. The van der Waals surface area contributed by atoms with Gasteiger partial charge in [0.1, 0.15) is 22.9 Å². The number of fused-ring (bicyclic) bond motifs is 1. The van der Waals surface area contributed by atoms with Gasteiger partial charge in [-0.3, -0.25) is 4.57 Å². The van der Waals surface area contributed by atoms with Crippen LogP contribution in [0.2, 0.25) is 0 Å². The van der Waals surface area contributed by atoms with Gasteiger partial charge in [0, 0.05) is 11.6 Å². The number of nitrogens with two attached hydrogens (primary N) is 1. The molecule has 11 nitrogen and oxygen atoms in total. The van der Waals surface area contributed by atoms with Crippen molar-refractivity contribution in [2.75, 3.05) is 20.8 Å². The molecule has 0 fully saturated rings. The highest BCUT2D eigenvalue weighted by atomic mass is 32.2. The van der Waals surface area contributed by atoms with Crippen molar-refractivity contribution in [2.24, 2.45) is 5.14 Å². The first-order valence-electron chi connectivity index (χ1n) is 11.5. The van der Waals surface area contributed by atoms with Crippen LogP contribution < -0.4 is 19.3 Å². The fourth-order valence-electron chi connectivity index (χ4n) is 4.11. The summed E-state index contributed by atoms with van der Waals surface area (Å²) < 4.78 is 43.2. The number of para-hydroxylation sites is 1. The summed E-state index contributed by atoms with van der Waals surface area (Å²) in [7, 11) is -0.928. The van der Waals surface area contributed by atoms with Gasteiger partial charge in [-0.15, -0.1) is 0 Å². The molecular formula is C26H24N6O5S. The largest absolute Gasteiger partial charge is 0.494 e. The number of methoxy groups -OCH3 is 2. The molecule has 2 N–H and O–H groups in total. The van der Waals surface area contributed by atoms with E-state index in [9.17, 15) is 8.42 Å². The Kier molecular flexibility index (Phi) is 6.66. The molecule has 0 spiro atoms. The van der Waals surface area contributed by atoms with Gasteiger partial charge in [0.05, 0.1) is 37.6 Å². The molecule has 3 heterocycles. The van der Waals surface area contributed by atoms with Crippen LogP contribution in [0.15, 0.2) is 71.8 Å². The molecule has 0 aliphatic heterocycles. The number of ether oxygens (including phenoxy) is 3. The van der Waals surface area contributed by atoms with Gasteiger partial charge >= 0.3 is 0 Å². The number of benzene rings is 2. The van der Waals surface area contributed by atoms with E-state index in [1.807, 2.05) is 13.0 Å². The fourth-order valence-corrected chi connectivity index (χ4v) is 4.86. The van der Waals surface area contributed by atoms with E-state index in [4.69, 9.17) is 29.3 Å². The summed E-state index contributed by atoms with van der Waals surface area (Å²) in [5.74, 6) is 1.81. The van der Waals surface area contributed by atoms with E-state index in [-0.39, 0.29) is 4.90 Å². The third kappa shape index (κ3) is 4.51. The van der Waals surface area contributed by atoms with Crippen LogP contribution in [0.4, 0.5) is 0 Å². The molecule has 0 aliphatic rings. The standard InChI is InChI=1S/C26H24N6O5S/c1-4-37-22-14-7-10-17(29-22)25-31-24-26(32(25)23-19(35-2)11-8-12-20(23)36-3)30-18(15-28-24)16-9-5-6-13-21(16)38(27,33)34/h5-15H,4H2,1-3H3,(H2,27,33,34). The van der Waals surface area contributed by atoms with Gasteiger partial charge in [-0.25, -0.2) is 33.5 Å². The van der Waals surface area contributed by atoms with Crippen LogP contribution in [0.25, 0.3) is 39.8 Å². The van der Waals surface area contributed by atoms with Crippen LogP contribution >= 0.6 is 0 Å². The van der Waals surface area contributed by atoms with Crippen molar-refractivity contribution in [2.45, 2.75) is 11.8 Å². The second kappa shape index (κ2) is 10.1. The predicted octanol–water partition coefficient (Wildman–Crippen LogP) is 3.61. The van der Waals surface area contributed by atoms with E-state index in [1.165, 1.54) is 12.3 Å². The van der Waals surface area contributed by atoms with Crippen molar-refractivity contribution >= 4 is 21.3 Å². The summed E-state index contributed by atoms with van der Waals surface area (Å²) in [5, 5.41) is 5.48. The number of rotatable bonds is 8. The summed E-state index contributed by atoms with van der Waals surface area (Å²) >= 11 is 0. The van der Waals surface area contributed by atoms with Crippen molar-refractivity contribution in [1.82, 2.24) is 24.5 Å². The van der Waals surface area contributed by atoms with Crippen molar-refractivity contribution in [3.63, 3.8) is 0 Å². The number of hydrogen-bond acceptors (Lipinski definition) is 9. The second-order valence-electron chi connectivity index (χ2n) is 8.02. The number of nitrogens with zero attached hydrogens (tertiary/aromatic N) is 5. The molecule has 0 atom stereocenters. The van der Waals surface area contributed by atoms with E-state index < -0.39 is 10.0 Å². The van der Waals surface area contributed by atoms with E-state index >= 15 is 0 Å². The Hall–Kier alpha value is -4.55. The minimum Gasteiger partial charge on any atom is -0.494 e. The highest BCUT2D eigenvalue weighted by molar-refractivity contribution is 7.89. The topological polar surface area (TPSA) is 144 Å². The molecular weight excluding hydrogens is 508 g/mol. The quantitative estimate of drug-likeness (QED) is 0.317. The van der Waals surface area contributed by atoms with Crippen molar-refractivity contribution in [1.29, 1.82) is 0 Å². The molecule has 3 aromatic heterocycles. The molecule has 38 heavy (non-hydrogen) atoms. The average Bonchev–Trinajstić information content (AvgIpc) is 3.31. The molecule has 2 aromatic carbocycles. The molecule has 194 valence electrons. The normalized spacial score (nSPS) is 11.5. The van der Waals surface area contributed by atoms with Crippen LogP contribution in [-0.4, -0.2) is 53.7 Å². The monoisotopic (exact) mass is 532 g/mol. The van der Waals surface area contributed by atoms with Gasteiger partial charge in [-0.1, -0.05) is 30.3 Å². The van der Waals surface area contributed by atoms with E-state index in [2.05, 4.69) is 9.97 Å². The maximum atomic E-state index is 12.3.